The second-order valence-electron chi connectivity index (χ2n) is 9.20. The molecule has 0 amide bonds. The summed E-state index contributed by atoms with van der Waals surface area (Å²) >= 11 is 0. The molecule has 1 N–H and O–H groups in total. The normalized spacial score (nSPS) is 13.8. The molecule has 0 radical (unpaired) electrons. The van der Waals surface area contributed by atoms with Crippen molar-refractivity contribution in [2.75, 3.05) is 41.0 Å². The summed E-state index contributed by atoms with van der Waals surface area (Å²) in [7, 11) is 4.92. The topological polar surface area (TPSA) is 32.1 Å². The third kappa shape index (κ3) is 21.5. The van der Waals surface area contributed by atoms with Crippen LogP contribution in [-0.2, 0) is 13.6 Å². The molecular weight excluding hydrogens is 393 g/mol. The highest BCUT2D eigenvalue weighted by Gasteiger charge is 2.17. The van der Waals surface area contributed by atoms with Crippen LogP contribution in [0.25, 0.3) is 0 Å². The minimum atomic E-state index is -1.18. The van der Waals surface area contributed by atoms with Crippen molar-refractivity contribution in [3.63, 3.8) is 0 Å². The monoisotopic (exact) mass is 448 g/mol. The van der Waals surface area contributed by atoms with Gasteiger partial charge in [0.25, 0.3) is 0 Å². The number of unbranched alkanes of at least 4 members (excludes halogenated alkanes) is 13. The van der Waals surface area contributed by atoms with Gasteiger partial charge in [0.2, 0.25) is 0 Å². The van der Waals surface area contributed by atoms with E-state index in [1.807, 2.05) is 0 Å². The summed E-state index contributed by atoms with van der Waals surface area (Å²) in [6, 6.07) is 0. The van der Waals surface area contributed by atoms with Gasteiger partial charge >= 0.3 is 8.60 Å². The van der Waals surface area contributed by atoms with Crippen LogP contribution >= 0.6 is 8.60 Å². The first-order valence-corrected chi connectivity index (χ1v) is 14.1. The Kier molecular flexibility index (Phi) is 24.1. The Balaban J connectivity index is 3.48. The van der Waals surface area contributed by atoms with Gasteiger partial charge in [0, 0.05) is 13.0 Å². The van der Waals surface area contributed by atoms with Crippen LogP contribution in [0.5, 0.6) is 0 Å². The Morgan fingerprint density at radius 2 is 1.17 bits per heavy atom. The summed E-state index contributed by atoms with van der Waals surface area (Å²) in [6.07, 6.45) is 21.7. The summed E-state index contributed by atoms with van der Waals surface area (Å²) in [4.78, 5) is 1.47. The molecule has 0 aromatic rings. The molecule has 0 bridgehead atoms. The maximum Gasteiger partial charge on any atom is 0.332 e. The van der Waals surface area contributed by atoms with Gasteiger partial charge in [-0.05, 0) is 12.8 Å². The van der Waals surface area contributed by atoms with E-state index in [9.17, 15) is 0 Å². The van der Waals surface area contributed by atoms with Crippen molar-refractivity contribution in [2.24, 2.45) is 5.92 Å². The van der Waals surface area contributed by atoms with Crippen molar-refractivity contribution in [3.05, 3.63) is 0 Å². The minimum Gasteiger partial charge on any atom is -0.340 e. The lowest BCUT2D eigenvalue weighted by Gasteiger charge is -2.21. The lowest BCUT2D eigenvalue weighted by Crippen LogP contribution is -3.06. The first-order valence-electron chi connectivity index (χ1n) is 13.0. The van der Waals surface area contributed by atoms with E-state index in [0.717, 1.165) is 26.2 Å². The second kappa shape index (κ2) is 23.9. The van der Waals surface area contributed by atoms with Crippen LogP contribution in [0.3, 0.4) is 0 Å². The van der Waals surface area contributed by atoms with Gasteiger partial charge in [-0.25, -0.2) is 0 Å². The van der Waals surface area contributed by atoms with E-state index in [4.69, 9.17) is 13.6 Å². The van der Waals surface area contributed by atoms with Crippen LogP contribution in [0.15, 0.2) is 0 Å². The van der Waals surface area contributed by atoms with Gasteiger partial charge in [0.1, 0.15) is 0 Å². The second-order valence-corrected chi connectivity index (χ2v) is 10.5. The quantitative estimate of drug-likeness (QED) is 0.128. The van der Waals surface area contributed by atoms with E-state index in [-0.39, 0.29) is 0 Å². The highest BCUT2D eigenvalue weighted by atomic mass is 31.2. The molecule has 4 nitrogen and oxygen atoms in total. The molecule has 2 atom stereocenters. The van der Waals surface area contributed by atoms with Gasteiger partial charge in [0.05, 0.1) is 33.9 Å². The first-order chi connectivity index (χ1) is 14.6. The Bertz CT molecular complexity index is 332. The maximum absolute atomic E-state index is 5.93. The average Bonchev–Trinajstić information content (AvgIpc) is 2.72. The van der Waals surface area contributed by atoms with Crippen LogP contribution in [-0.4, -0.2) is 41.0 Å². The lowest BCUT2D eigenvalue weighted by atomic mass is 10.0. The van der Waals surface area contributed by atoms with Gasteiger partial charge in [-0.1, -0.05) is 104 Å². The molecule has 0 aromatic carbocycles. The van der Waals surface area contributed by atoms with Gasteiger partial charge in [-0.3, -0.25) is 0 Å². The van der Waals surface area contributed by atoms with E-state index in [1.54, 1.807) is 7.11 Å². The molecule has 0 saturated heterocycles. The Hall–Kier alpha value is 0.270. The fourth-order valence-electron chi connectivity index (χ4n) is 3.97. The molecule has 0 aliphatic carbocycles. The Morgan fingerprint density at radius 3 is 1.60 bits per heavy atom. The zero-order valence-electron chi connectivity index (χ0n) is 21.2. The summed E-state index contributed by atoms with van der Waals surface area (Å²) in [5, 5.41) is 0. The van der Waals surface area contributed by atoms with Crippen molar-refractivity contribution >= 4 is 8.60 Å². The third-order valence-electron chi connectivity index (χ3n) is 5.65. The fourth-order valence-corrected chi connectivity index (χ4v) is 4.87. The number of hydrogen-bond acceptors (Lipinski definition) is 3. The van der Waals surface area contributed by atoms with Crippen molar-refractivity contribution < 1.29 is 18.5 Å². The number of hydrogen-bond donors (Lipinski definition) is 1. The highest BCUT2D eigenvalue weighted by Crippen LogP contribution is 2.39. The Morgan fingerprint density at radius 1 is 0.667 bits per heavy atom. The summed E-state index contributed by atoms with van der Waals surface area (Å²) in [5.74, 6) is 0.588. The zero-order valence-corrected chi connectivity index (χ0v) is 22.1. The van der Waals surface area contributed by atoms with Crippen molar-refractivity contribution in [2.45, 2.75) is 117 Å². The van der Waals surface area contributed by atoms with E-state index < -0.39 is 8.60 Å². The van der Waals surface area contributed by atoms with Gasteiger partial charge < -0.3 is 18.5 Å². The molecular formula is C25H55NO3P+. The standard InChI is InChI=1S/C25H54NO3P/c1-6-8-9-10-11-12-13-14-15-16-17-18-19-20-22-28-30(27-5)29-24-25(21-7-2)23-26(3)4/h25H,6-24H2,1-5H3/p+1. The van der Waals surface area contributed by atoms with E-state index in [2.05, 4.69) is 27.9 Å². The summed E-state index contributed by atoms with van der Waals surface area (Å²) in [6.45, 7) is 7.17. The zero-order chi connectivity index (χ0) is 22.3. The van der Waals surface area contributed by atoms with Crippen molar-refractivity contribution in [1.82, 2.24) is 0 Å². The SMILES string of the molecule is CCCCCCCCCCCCCCCCOP(OC)OCC(CCC)C[NH+](C)C. The fraction of sp³-hybridized carbons (Fsp3) is 1.00. The average molecular weight is 449 g/mol. The van der Waals surface area contributed by atoms with Crippen LogP contribution in [0.2, 0.25) is 0 Å². The molecule has 0 spiro atoms. The van der Waals surface area contributed by atoms with Crippen LogP contribution in [0, 0.1) is 5.92 Å². The van der Waals surface area contributed by atoms with E-state index in [0.29, 0.717) is 5.92 Å². The van der Waals surface area contributed by atoms with Crippen LogP contribution < -0.4 is 4.90 Å². The van der Waals surface area contributed by atoms with Crippen LogP contribution in [0.4, 0.5) is 0 Å². The molecule has 0 fully saturated rings. The largest absolute Gasteiger partial charge is 0.340 e. The number of rotatable bonds is 24. The first kappa shape index (κ1) is 30.3. The van der Waals surface area contributed by atoms with Crippen molar-refractivity contribution in [3.8, 4) is 0 Å². The molecule has 0 aliphatic rings. The smallest absolute Gasteiger partial charge is 0.332 e. The van der Waals surface area contributed by atoms with Gasteiger partial charge in [0.15, 0.2) is 0 Å². The van der Waals surface area contributed by atoms with E-state index in [1.165, 1.54) is 101 Å². The number of nitrogens with one attached hydrogen (secondary N) is 1. The predicted molar refractivity (Wildman–Crippen MR) is 132 cm³/mol. The van der Waals surface area contributed by atoms with Crippen LogP contribution in [0.1, 0.15) is 117 Å². The Labute approximate surface area is 190 Å². The van der Waals surface area contributed by atoms with E-state index >= 15 is 0 Å². The molecule has 182 valence electrons. The molecule has 0 aromatic heterocycles. The highest BCUT2D eigenvalue weighted by molar-refractivity contribution is 7.41. The van der Waals surface area contributed by atoms with Gasteiger partial charge in [-0.15, -0.1) is 0 Å². The maximum atomic E-state index is 5.93. The molecule has 0 rings (SSSR count). The van der Waals surface area contributed by atoms with Gasteiger partial charge in [-0.2, -0.15) is 0 Å². The summed E-state index contributed by atoms with van der Waals surface area (Å²) in [5.41, 5.74) is 0. The summed E-state index contributed by atoms with van der Waals surface area (Å²) < 4.78 is 17.2. The molecule has 0 aliphatic heterocycles. The third-order valence-corrected chi connectivity index (χ3v) is 6.70. The number of quaternary nitrogens is 1. The van der Waals surface area contributed by atoms with Crippen molar-refractivity contribution in [1.29, 1.82) is 0 Å². The lowest BCUT2D eigenvalue weighted by molar-refractivity contribution is -0.862. The molecule has 5 heteroatoms. The predicted octanol–water partition coefficient (Wildman–Crippen LogP) is 6.94. The molecule has 30 heavy (non-hydrogen) atoms. The minimum absolute atomic E-state index is 0.588. The molecule has 0 saturated carbocycles. The molecule has 2 unspecified atom stereocenters. The molecule has 0 heterocycles.